The molecule has 0 unspecified atom stereocenters. The zero-order valence-corrected chi connectivity index (χ0v) is 9.47. The summed E-state index contributed by atoms with van der Waals surface area (Å²) in [5.41, 5.74) is 0. The van der Waals surface area contributed by atoms with Gasteiger partial charge >= 0.3 is 0 Å². The lowest BCUT2D eigenvalue weighted by Gasteiger charge is -2.31. The molecule has 0 saturated carbocycles. The van der Waals surface area contributed by atoms with E-state index in [0.29, 0.717) is 19.6 Å². The smallest absolute Gasteiger partial charge is 0.236 e. The molecule has 2 aliphatic rings. The highest BCUT2D eigenvalue weighted by Gasteiger charge is 2.23. The van der Waals surface area contributed by atoms with Crippen molar-refractivity contribution in [2.75, 3.05) is 45.8 Å². The first kappa shape index (κ1) is 11.3. The maximum absolute atomic E-state index is 11.9. The van der Waals surface area contributed by atoms with Crippen molar-refractivity contribution >= 4 is 5.91 Å². The molecule has 0 aliphatic carbocycles. The van der Waals surface area contributed by atoms with E-state index < -0.39 is 0 Å². The van der Waals surface area contributed by atoms with E-state index in [1.54, 1.807) is 0 Å². The predicted molar refractivity (Wildman–Crippen MR) is 59.6 cm³/mol. The number of hydrogen-bond acceptors (Lipinski definition) is 4. The van der Waals surface area contributed by atoms with Gasteiger partial charge in [0.25, 0.3) is 0 Å². The van der Waals surface area contributed by atoms with E-state index in [1.807, 2.05) is 4.90 Å². The first-order valence-electron chi connectivity index (χ1n) is 5.88. The SMILES string of the molecule is O=NN1CCN(CC(=O)N2CCCC2)CC1. The van der Waals surface area contributed by atoms with Crippen LogP contribution in [0.4, 0.5) is 0 Å². The summed E-state index contributed by atoms with van der Waals surface area (Å²) >= 11 is 0. The number of carbonyl (C=O) groups excluding carboxylic acids is 1. The Hall–Kier alpha value is -1.17. The molecule has 2 heterocycles. The maximum atomic E-state index is 11.9. The Morgan fingerprint density at radius 2 is 1.62 bits per heavy atom. The van der Waals surface area contributed by atoms with Crippen LogP contribution in [0.2, 0.25) is 0 Å². The molecule has 0 aromatic carbocycles. The van der Waals surface area contributed by atoms with Crippen LogP contribution in [0, 0.1) is 4.91 Å². The Morgan fingerprint density at radius 3 is 2.19 bits per heavy atom. The summed E-state index contributed by atoms with van der Waals surface area (Å²) in [6.45, 7) is 5.10. The van der Waals surface area contributed by atoms with Crippen LogP contribution in [0.5, 0.6) is 0 Å². The molecule has 6 heteroatoms. The van der Waals surface area contributed by atoms with E-state index in [1.165, 1.54) is 5.01 Å². The van der Waals surface area contributed by atoms with E-state index in [2.05, 4.69) is 10.2 Å². The van der Waals surface area contributed by atoms with Gasteiger partial charge in [-0.15, -0.1) is 4.91 Å². The fourth-order valence-corrected chi connectivity index (χ4v) is 2.23. The second-order valence-corrected chi connectivity index (χ2v) is 4.40. The molecule has 0 radical (unpaired) electrons. The molecule has 0 spiro atoms. The second-order valence-electron chi connectivity index (χ2n) is 4.40. The van der Waals surface area contributed by atoms with Crippen LogP contribution in [0.15, 0.2) is 5.29 Å². The molecule has 2 aliphatic heterocycles. The van der Waals surface area contributed by atoms with Gasteiger partial charge in [0.2, 0.25) is 5.91 Å². The molecule has 0 bridgehead atoms. The minimum atomic E-state index is 0.227. The Kier molecular flexibility index (Phi) is 3.71. The summed E-state index contributed by atoms with van der Waals surface area (Å²) in [5, 5.41) is 4.41. The first-order valence-corrected chi connectivity index (χ1v) is 5.88. The summed E-state index contributed by atoms with van der Waals surface area (Å²) in [6.07, 6.45) is 2.27. The normalized spacial score (nSPS) is 22.5. The van der Waals surface area contributed by atoms with Gasteiger partial charge in [0.05, 0.1) is 24.9 Å². The highest BCUT2D eigenvalue weighted by molar-refractivity contribution is 5.78. The third-order valence-corrected chi connectivity index (χ3v) is 3.28. The Morgan fingerprint density at radius 1 is 1.00 bits per heavy atom. The number of likely N-dealkylation sites (tertiary alicyclic amines) is 1. The topological polar surface area (TPSA) is 56.2 Å². The number of piperazine rings is 1. The monoisotopic (exact) mass is 226 g/mol. The summed E-state index contributed by atoms with van der Waals surface area (Å²) in [6, 6.07) is 0. The molecule has 90 valence electrons. The van der Waals surface area contributed by atoms with E-state index in [4.69, 9.17) is 0 Å². The minimum Gasteiger partial charge on any atom is -0.342 e. The molecular weight excluding hydrogens is 208 g/mol. The fourth-order valence-electron chi connectivity index (χ4n) is 2.23. The van der Waals surface area contributed by atoms with Gasteiger partial charge in [-0.05, 0) is 12.8 Å². The molecule has 1 amide bonds. The van der Waals surface area contributed by atoms with E-state index in [9.17, 15) is 9.70 Å². The standard InChI is InChI=1S/C10H18N4O2/c15-10(13-3-1-2-4-13)9-12-5-7-14(11-16)8-6-12/h1-9H2. The van der Waals surface area contributed by atoms with Gasteiger partial charge in [0.1, 0.15) is 0 Å². The van der Waals surface area contributed by atoms with Gasteiger partial charge < -0.3 is 4.90 Å². The number of amides is 1. The van der Waals surface area contributed by atoms with Crippen molar-refractivity contribution in [3.05, 3.63) is 4.91 Å². The van der Waals surface area contributed by atoms with Crippen LogP contribution in [0.3, 0.4) is 0 Å². The average molecular weight is 226 g/mol. The third-order valence-electron chi connectivity index (χ3n) is 3.28. The molecule has 16 heavy (non-hydrogen) atoms. The van der Waals surface area contributed by atoms with Crippen molar-refractivity contribution in [1.29, 1.82) is 0 Å². The summed E-state index contributed by atoms with van der Waals surface area (Å²) in [5.74, 6) is 0.227. The van der Waals surface area contributed by atoms with Crippen molar-refractivity contribution < 1.29 is 4.79 Å². The van der Waals surface area contributed by atoms with Gasteiger partial charge in [-0.2, -0.15) is 0 Å². The zero-order chi connectivity index (χ0) is 11.4. The summed E-state index contributed by atoms with van der Waals surface area (Å²) in [7, 11) is 0. The number of hydrogen-bond donors (Lipinski definition) is 0. The largest absolute Gasteiger partial charge is 0.342 e. The molecule has 2 rings (SSSR count). The Bertz CT molecular complexity index is 258. The zero-order valence-electron chi connectivity index (χ0n) is 9.47. The number of nitroso groups, excluding NO2 is 1. The van der Waals surface area contributed by atoms with E-state index >= 15 is 0 Å². The van der Waals surface area contributed by atoms with E-state index in [-0.39, 0.29) is 5.91 Å². The van der Waals surface area contributed by atoms with Gasteiger partial charge in [-0.3, -0.25) is 14.7 Å². The van der Waals surface area contributed by atoms with Crippen molar-refractivity contribution in [3.63, 3.8) is 0 Å². The molecule has 0 aromatic rings. The molecule has 0 N–H and O–H groups in total. The van der Waals surface area contributed by atoms with Crippen LogP contribution in [-0.4, -0.2) is 66.5 Å². The molecule has 0 aromatic heterocycles. The molecular formula is C10H18N4O2. The molecule has 2 fully saturated rings. The number of carbonyl (C=O) groups is 1. The second kappa shape index (κ2) is 5.25. The summed E-state index contributed by atoms with van der Waals surface area (Å²) in [4.78, 5) is 26.2. The van der Waals surface area contributed by atoms with Gasteiger partial charge in [0.15, 0.2) is 0 Å². The van der Waals surface area contributed by atoms with Gasteiger partial charge in [-0.1, -0.05) is 0 Å². The quantitative estimate of drug-likeness (QED) is 0.631. The highest BCUT2D eigenvalue weighted by Crippen LogP contribution is 2.09. The van der Waals surface area contributed by atoms with Crippen LogP contribution >= 0.6 is 0 Å². The first-order chi connectivity index (χ1) is 7.79. The van der Waals surface area contributed by atoms with Crippen molar-refractivity contribution in [2.24, 2.45) is 5.29 Å². The number of rotatable bonds is 3. The lowest BCUT2D eigenvalue weighted by Crippen LogP contribution is -2.48. The fraction of sp³-hybridized carbons (Fsp3) is 0.900. The Balaban J connectivity index is 1.73. The van der Waals surface area contributed by atoms with Crippen LogP contribution < -0.4 is 0 Å². The maximum Gasteiger partial charge on any atom is 0.236 e. The van der Waals surface area contributed by atoms with Crippen molar-refractivity contribution in [3.8, 4) is 0 Å². The third kappa shape index (κ3) is 2.69. The van der Waals surface area contributed by atoms with Crippen LogP contribution in [0.25, 0.3) is 0 Å². The lowest BCUT2D eigenvalue weighted by molar-refractivity contribution is -0.131. The van der Waals surface area contributed by atoms with Gasteiger partial charge in [-0.25, -0.2) is 0 Å². The minimum absolute atomic E-state index is 0.227. The Labute approximate surface area is 95.1 Å². The van der Waals surface area contributed by atoms with Crippen molar-refractivity contribution in [1.82, 2.24) is 14.8 Å². The summed E-state index contributed by atoms with van der Waals surface area (Å²) < 4.78 is 0. The highest BCUT2D eigenvalue weighted by atomic mass is 16.3. The molecule has 0 atom stereocenters. The van der Waals surface area contributed by atoms with Crippen LogP contribution in [-0.2, 0) is 4.79 Å². The van der Waals surface area contributed by atoms with Crippen molar-refractivity contribution in [2.45, 2.75) is 12.8 Å². The predicted octanol–water partition coefficient (Wildman–Crippen LogP) is -0.0922. The lowest BCUT2D eigenvalue weighted by atomic mass is 10.3. The van der Waals surface area contributed by atoms with E-state index in [0.717, 1.165) is 39.0 Å². The molecule has 6 nitrogen and oxygen atoms in total. The van der Waals surface area contributed by atoms with Gasteiger partial charge in [0, 0.05) is 26.2 Å². The molecule has 2 saturated heterocycles. The number of nitrogens with zero attached hydrogens (tertiary/aromatic N) is 4. The average Bonchev–Trinajstić information content (AvgIpc) is 2.83. The van der Waals surface area contributed by atoms with Crippen LogP contribution in [0.1, 0.15) is 12.8 Å².